The molecule has 1 aliphatic carbocycles. The minimum atomic E-state index is 0.209. The van der Waals surface area contributed by atoms with E-state index >= 15 is 0 Å². The van der Waals surface area contributed by atoms with Crippen molar-refractivity contribution < 1.29 is 4.79 Å². The van der Waals surface area contributed by atoms with Gasteiger partial charge >= 0.3 is 0 Å². The minimum Gasteiger partial charge on any atom is -0.342 e. The van der Waals surface area contributed by atoms with Crippen LogP contribution in [0.1, 0.15) is 37.8 Å². The number of nitrogens with one attached hydrogen (secondary N) is 1. The summed E-state index contributed by atoms with van der Waals surface area (Å²) in [5.74, 6) is 0.209. The lowest BCUT2D eigenvalue weighted by Crippen LogP contribution is -2.49. The third-order valence-corrected chi connectivity index (χ3v) is 5.58. The van der Waals surface area contributed by atoms with Crippen LogP contribution in [0.15, 0.2) is 24.3 Å². The van der Waals surface area contributed by atoms with Gasteiger partial charge in [0.05, 0.1) is 17.6 Å². The molecule has 0 spiro atoms. The molecule has 0 bridgehead atoms. The Morgan fingerprint density at radius 1 is 1.17 bits per heavy atom. The van der Waals surface area contributed by atoms with Gasteiger partial charge in [-0.2, -0.15) is 5.10 Å². The quantitative estimate of drug-likeness (QED) is 0.937. The molecular weight excluding hydrogens is 300 g/mol. The topological polar surface area (TPSA) is 50.2 Å². The van der Waals surface area contributed by atoms with Crippen LogP contribution in [0.3, 0.4) is 0 Å². The van der Waals surface area contributed by atoms with Crippen LogP contribution in [0.25, 0.3) is 10.9 Å². The normalized spacial score (nSPS) is 19.6. The van der Waals surface area contributed by atoms with E-state index in [0.29, 0.717) is 12.5 Å². The van der Waals surface area contributed by atoms with Gasteiger partial charge in [0.2, 0.25) is 5.91 Å². The summed E-state index contributed by atoms with van der Waals surface area (Å²) in [5.41, 5.74) is 1.98. The number of piperidine rings is 1. The molecule has 1 amide bonds. The summed E-state index contributed by atoms with van der Waals surface area (Å²) in [5, 5.41) is 9.39. The first-order chi connectivity index (χ1) is 11.7. The summed E-state index contributed by atoms with van der Waals surface area (Å²) in [6.07, 6.45) is 6.57. The van der Waals surface area contributed by atoms with E-state index in [1.807, 2.05) is 34.8 Å². The van der Waals surface area contributed by atoms with E-state index in [-0.39, 0.29) is 5.91 Å². The lowest BCUT2D eigenvalue weighted by atomic mass is 9.91. The van der Waals surface area contributed by atoms with Crippen LogP contribution < -0.4 is 5.32 Å². The number of benzene rings is 1. The third-order valence-electron chi connectivity index (χ3n) is 5.58. The van der Waals surface area contributed by atoms with E-state index in [0.717, 1.165) is 48.6 Å². The number of aromatic nitrogens is 2. The van der Waals surface area contributed by atoms with Crippen molar-refractivity contribution in [2.24, 2.45) is 7.05 Å². The molecule has 2 heterocycles. The number of rotatable bonds is 4. The van der Waals surface area contributed by atoms with E-state index in [9.17, 15) is 4.79 Å². The van der Waals surface area contributed by atoms with Crippen molar-refractivity contribution in [3.05, 3.63) is 30.0 Å². The maximum absolute atomic E-state index is 12.7. The van der Waals surface area contributed by atoms with Crippen molar-refractivity contribution in [3.63, 3.8) is 0 Å². The zero-order chi connectivity index (χ0) is 16.5. The Hall–Kier alpha value is -1.88. The number of nitrogens with zero attached hydrogens (tertiary/aromatic N) is 3. The van der Waals surface area contributed by atoms with Gasteiger partial charge in [0.25, 0.3) is 0 Å². The van der Waals surface area contributed by atoms with Crippen LogP contribution >= 0.6 is 0 Å². The largest absolute Gasteiger partial charge is 0.342 e. The van der Waals surface area contributed by atoms with Crippen LogP contribution in [-0.4, -0.2) is 45.8 Å². The third kappa shape index (κ3) is 3.05. The molecule has 1 aliphatic heterocycles. The standard InChI is InChI=1S/C19H26N4O/c1-22-18-8-3-2-7-16(18)17(21-22)13-19(24)23-11-9-15(10-12-23)20-14-5-4-6-14/h2-3,7-8,14-15,20H,4-6,9-13H2,1H3. The highest BCUT2D eigenvalue weighted by Gasteiger charge is 2.27. The molecule has 2 aliphatic rings. The van der Waals surface area contributed by atoms with Gasteiger partial charge in [0, 0.05) is 37.6 Å². The first-order valence-corrected chi connectivity index (χ1v) is 9.15. The molecule has 24 heavy (non-hydrogen) atoms. The number of hydrogen-bond acceptors (Lipinski definition) is 3. The van der Waals surface area contributed by atoms with Crippen molar-refractivity contribution in [2.75, 3.05) is 13.1 Å². The van der Waals surface area contributed by atoms with Gasteiger partial charge < -0.3 is 10.2 Å². The lowest BCUT2D eigenvalue weighted by Gasteiger charge is -2.37. The summed E-state index contributed by atoms with van der Waals surface area (Å²) < 4.78 is 1.87. The average Bonchev–Trinajstić information content (AvgIpc) is 2.88. The van der Waals surface area contributed by atoms with Crippen LogP contribution in [0.2, 0.25) is 0 Å². The molecule has 128 valence electrons. The highest BCUT2D eigenvalue weighted by molar-refractivity contribution is 5.87. The highest BCUT2D eigenvalue weighted by atomic mass is 16.2. The number of amides is 1. The number of aryl methyl sites for hydroxylation is 1. The summed E-state index contributed by atoms with van der Waals surface area (Å²) >= 11 is 0. The molecule has 1 saturated heterocycles. The SMILES string of the molecule is Cn1nc(CC(=O)N2CCC(NC3CCC3)CC2)c2ccccc21. The highest BCUT2D eigenvalue weighted by Crippen LogP contribution is 2.22. The lowest BCUT2D eigenvalue weighted by molar-refractivity contribution is -0.131. The number of hydrogen-bond donors (Lipinski definition) is 1. The van der Waals surface area contributed by atoms with Gasteiger partial charge in [-0.3, -0.25) is 9.48 Å². The predicted molar refractivity (Wildman–Crippen MR) is 94.8 cm³/mol. The average molecular weight is 326 g/mol. The number of fused-ring (bicyclic) bond motifs is 1. The van der Waals surface area contributed by atoms with Gasteiger partial charge in [-0.25, -0.2) is 0 Å². The minimum absolute atomic E-state index is 0.209. The van der Waals surface area contributed by atoms with E-state index in [2.05, 4.69) is 16.5 Å². The van der Waals surface area contributed by atoms with Crippen molar-refractivity contribution in [1.82, 2.24) is 20.0 Å². The molecule has 1 saturated carbocycles. The van der Waals surface area contributed by atoms with Crippen LogP contribution in [0.5, 0.6) is 0 Å². The first-order valence-electron chi connectivity index (χ1n) is 9.15. The predicted octanol–water partition coefficient (Wildman–Crippen LogP) is 2.25. The molecule has 2 fully saturated rings. The van der Waals surface area contributed by atoms with Crippen molar-refractivity contribution in [2.45, 2.75) is 50.6 Å². The van der Waals surface area contributed by atoms with E-state index in [1.54, 1.807) is 0 Å². The summed E-state index contributed by atoms with van der Waals surface area (Å²) in [7, 11) is 1.94. The van der Waals surface area contributed by atoms with E-state index in [4.69, 9.17) is 0 Å². The molecule has 0 unspecified atom stereocenters. The monoisotopic (exact) mass is 326 g/mol. The fraction of sp³-hybridized carbons (Fsp3) is 0.579. The number of carbonyl (C=O) groups excluding carboxylic acids is 1. The molecule has 1 aromatic carbocycles. The zero-order valence-corrected chi connectivity index (χ0v) is 14.4. The van der Waals surface area contributed by atoms with Crippen LogP contribution in [-0.2, 0) is 18.3 Å². The van der Waals surface area contributed by atoms with Crippen molar-refractivity contribution in [1.29, 1.82) is 0 Å². The second-order valence-electron chi connectivity index (χ2n) is 7.21. The number of carbonyl (C=O) groups is 1. The Kier molecular flexibility index (Phi) is 4.27. The molecule has 1 aromatic heterocycles. The zero-order valence-electron chi connectivity index (χ0n) is 14.4. The van der Waals surface area contributed by atoms with Crippen molar-refractivity contribution >= 4 is 16.8 Å². The Labute approximate surface area is 143 Å². The molecule has 5 heteroatoms. The molecule has 0 atom stereocenters. The Morgan fingerprint density at radius 3 is 2.58 bits per heavy atom. The Bertz CT molecular complexity index is 726. The second-order valence-corrected chi connectivity index (χ2v) is 7.21. The van der Waals surface area contributed by atoms with E-state index < -0.39 is 0 Å². The fourth-order valence-electron chi connectivity index (χ4n) is 3.88. The molecule has 1 N–H and O–H groups in total. The molecule has 2 aromatic rings. The Balaban J connectivity index is 1.36. The summed E-state index contributed by atoms with van der Waals surface area (Å²) in [4.78, 5) is 14.7. The van der Waals surface area contributed by atoms with Crippen LogP contribution in [0, 0.1) is 0 Å². The van der Waals surface area contributed by atoms with E-state index in [1.165, 1.54) is 19.3 Å². The second kappa shape index (κ2) is 6.55. The molecular formula is C19H26N4O. The maximum atomic E-state index is 12.7. The van der Waals surface area contributed by atoms with Gasteiger partial charge in [-0.1, -0.05) is 24.6 Å². The molecule has 0 radical (unpaired) electrons. The summed E-state index contributed by atoms with van der Waals surface area (Å²) in [6.45, 7) is 1.74. The number of para-hydroxylation sites is 1. The number of likely N-dealkylation sites (tertiary alicyclic amines) is 1. The first kappa shape index (κ1) is 15.6. The maximum Gasteiger partial charge on any atom is 0.228 e. The molecule has 4 rings (SSSR count). The smallest absolute Gasteiger partial charge is 0.228 e. The van der Waals surface area contributed by atoms with Gasteiger partial charge in [0.1, 0.15) is 0 Å². The fourth-order valence-corrected chi connectivity index (χ4v) is 3.88. The van der Waals surface area contributed by atoms with Gasteiger partial charge in [-0.15, -0.1) is 0 Å². The molecule has 5 nitrogen and oxygen atoms in total. The van der Waals surface area contributed by atoms with Crippen molar-refractivity contribution in [3.8, 4) is 0 Å². The summed E-state index contributed by atoms with van der Waals surface area (Å²) in [6, 6.07) is 9.45. The Morgan fingerprint density at radius 2 is 1.88 bits per heavy atom. The van der Waals surface area contributed by atoms with Gasteiger partial charge in [0.15, 0.2) is 0 Å². The van der Waals surface area contributed by atoms with Gasteiger partial charge in [-0.05, 0) is 31.7 Å². The van der Waals surface area contributed by atoms with Crippen LogP contribution in [0.4, 0.5) is 0 Å².